The first-order valence-corrected chi connectivity index (χ1v) is 4.55. The van der Waals surface area contributed by atoms with Gasteiger partial charge in [-0.1, -0.05) is 11.6 Å². The first-order valence-electron chi connectivity index (χ1n) is 4.17. The summed E-state index contributed by atoms with van der Waals surface area (Å²) in [4.78, 5) is 11.4. The molecule has 0 saturated carbocycles. The van der Waals surface area contributed by atoms with Crippen molar-refractivity contribution in [2.75, 3.05) is 13.7 Å². The van der Waals surface area contributed by atoms with Crippen molar-refractivity contribution in [1.29, 1.82) is 0 Å². The maximum Gasteiger partial charge on any atom is 0.176 e. The van der Waals surface area contributed by atoms with Gasteiger partial charge in [0.25, 0.3) is 0 Å². The molecule has 1 rings (SSSR count). The molecule has 76 valence electrons. The average Bonchev–Trinajstić information content (AvgIpc) is 2.20. The predicted octanol–water partition coefficient (Wildman–Crippen LogP) is 1.80. The minimum absolute atomic E-state index is 0.0235. The molecule has 1 aromatic rings. The van der Waals surface area contributed by atoms with Crippen LogP contribution in [0.1, 0.15) is 15.9 Å². The highest BCUT2D eigenvalue weighted by Gasteiger charge is 2.11. The molecule has 0 radical (unpaired) electrons. The number of carbonyl (C=O) groups excluding carboxylic acids is 1. The molecule has 0 amide bonds. The summed E-state index contributed by atoms with van der Waals surface area (Å²) in [5.41, 5.74) is 6.54. The summed E-state index contributed by atoms with van der Waals surface area (Å²) < 4.78 is 5.01. The highest BCUT2D eigenvalue weighted by Crippen LogP contribution is 2.26. The Kier molecular flexibility index (Phi) is 3.49. The van der Waals surface area contributed by atoms with E-state index in [2.05, 4.69) is 0 Å². The zero-order valence-corrected chi connectivity index (χ0v) is 8.89. The lowest BCUT2D eigenvalue weighted by atomic mass is 10.0. The Balaban J connectivity index is 3.27. The number of hydrogen-bond donors (Lipinski definition) is 1. The maximum atomic E-state index is 11.4. The standard InChI is InChI=1S/C10H12ClNO2/c1-6-8(10(13)5-12)3-7(14-2)4-9(6)11/h3-4H,5,12H2,1-2H3. The summed E-state index contributed by atoms with van der Waals surface area (Å²) in [7, 11) is 1.53. The Morgan fingerprint density at radius 1 is 1.57 bits per heavy atom. The van der Waals surface area contributed by atoms with Crippen LogP contribution < -0.4 is 10.5 Å². The fraction of sp³-hybridized carbons (Fsp3) is 0.300. The van der Waals surface area contributed by atoms with Gasteiger partial charge in [0.1, 0.15) is 5.75 Å². The van der Waals surface area contributed by atoms with Crippen molar-refractivity contribution in [3.8, 4) is 5.75 Å². The van der Waals surface area contributed by atoms with Crippen LogP contribution >= 0.6 is 11.6 Å². The Labute approximate surface area is 87.8 Å². The molecule has 0 heterocycles. The molecular formula is C10H12ClNO2. The Morgan fingerprint density at radius 3 is 2.71 bits per heavy atom. The normalized spacial score (nSPS) is 10.0. The smallest absolute Gasteiger partial charge is 0.176 e. The van der Waals surface area contributed by atoms with E-state index in [9.17, 15) is 4.79 Å². The van der Waals surface area contributed by atoms with Crippen LogP contribution in [0.3, 0.4) is 0 Å². The van der Waals surface area contributed by atoms with Crippen molar-refractivity contribution in [2.24, 2.45) is 5.73 Å². The summed E-state index contributed by atoms with van der Waals surface area (Å²) in [6, 6.07) is 3.32. The van der Waals surface area contributed by atoms with E-state index in [1.54, 1.807) is 19.1 Å². The molecule has 4 heteroatoms. The van der Waals surface area contributed by atoms with E-state index in [-0.39, 0.29) is 12.3 Å². The number of carbonyl (C=O) groups is 1. The topological polar surface area (TPSA) is 52.3 Å². The minimum atomic E-state index is -0.136. The van der Waals surface area contributed by atoms with Crippen LogP contribution in [0.4, 0.5) is 0 Å². The second kappa shape index (κ2) is 4.44. The van der Waals surface area contributed by atoms with Gasteiger partial charge >= 0.3 is 0 Å². The van der Waals surface area contributed by atoms with Gasteiger partial charge in [0.05, 0.1) is 13.7 Å². The summed E-state index contributed by atoms with van der Waals surface area (Å²) in [6.45, 7) is 1.76. The largest absolute Gasteiger partial charge is 0.497 e. The molecule has 0 aliphatic rings. The van der Waals surface area contributed by atoms with E-state index >= 15 is 0 Å². The lowest BCUT2D eigenvalue weighted by Gasteiger charge is -2.08. The molecule has 0 bridgehead atoms. The molecular weight excluding hydrogens is 202 g/mol. The Bertz CT molecular complexity index is 363. The van der Waals surface area contributed by atoms with Crippen LogP contribution in [0.5, 0.6) is 5.75 Å². The molecule has 0 fully saturated rings. The molecule has 14 heavy (non-hydrogen) atoms. The molecule has 0 atom stereocenters. The summed E-state index contributed by atoms with van der Waals surface area (Å²) in [5, 5.41) is 0.515. The fourth-order valence-corrected chi connectivity index (χ4v) is 1.38. The number of methoxy groups -OCH3 is 1. The van der Waals surface area contributed by atoms with Crippen LogP contribution in [-0.4, -0.2) is 19.4 Å². The van der Waals surface area contributed by atoms with Gasteiger partial charge < -0.3 is 10.5 Å². The van der Waals surface area contributed by atoms with Gasteiger partial charge in [0, 0.05) is 10.6 Å². The van der Waals surface area contributed by atoms with E-state index in [4.69, 9.17) is 22.1 Å². The first kappa shape index (κ1) is 11.0. The van der Waals surface area contributed by atoms with Crippen molar-refractivity contribution < 1.29 is 9.53 Å². The second-order valence-corrected chi connectivity index (χ2v) is 3.32. The van der Waals surface area contributed by atoms with Gasteiger partial charge in [-0.05, 0) is 24.6 Å². The van der Waals surface area contributed by atoms with Crippen molar-refractivity contribution in [2.45, 2.75) is 6.92 Å². The lowest BCUT2D eigenvalue weighted by molar-refractivity contribution is 0.100. The minimum Gasteiger partial charge on any atom is -0.497 e. The van der Waals surface area contributed by atoms with Gasteiger partial charge in [-0.25, -0.2) is 0 Å². The number of ether oxygens (including phenoxy) is 1. The van der Waals surface area contributed by atoms with Gasteiger partial charge in [-0.2, -0.15) is 0 Å². The summed E-state index contributed by atoms with van der Waals surface area (Å²) in [5.74, 6) is 0.431. The molecule has 0 spiro atoms. The first-order chi connectivity index (χ1) is 6.60. The Hall–Kier alpha value is -1.06. The summed E-state index contributed by atoms with van der Waals surface area (Å²) in [6.07, 6.45) is 0. The third-order valence-electron chi connectivity index (χ3n) is 2.04. The molecule has 1 aromatic carbocycles. The number of halogens is 1. The van der Waals surface area contributed by atoms with E-state index in [0.29, 0.717) is 16.3 Å². The predicted molar refractivity (Wildman–Crippen MR) is 56.1 cm³/mol. The molecule has 0 aliphatic heterocycles. The Morgan fingerprint density at radius 2 is 2.21 bits per heavy atom. The molecule has 0 unspecified atom stereocenters. The third kappa shape index (κ3) is 2.05. The van der Waals surface area contributed by atoms with Crippen LogP contribution in [0.25, 0.3) is 0 Å². The van der Waals surface area contributed by atoms with E-state index < -0.39 is 0 Å². The van der Waals surface area contributed by atoms with Crippen LogP contribution in [0, 0.1) is 6.92 Å². The molecule has 3 nitrogen and oxygen atoms in total. The molecule has 0 saturated heterocycles. The van der Waals surface area contributed by atoms with Gasteiger partial charge in [0.15, 0.2) is 5.78 Å². The second-order valence-electron chi connectivity index (χ2n) is 2.91. The van der Waals surface area contributed by atoms with Crippen molar-refractivity contribution >= 4 is 17.4 Å². The van der Waals surface area contributed by atoms with Crippen molar-refractivity contribution in [3.63, 3.8) is 0 Å². The fourth-order valence-electron chi connectivity index (χ4n) is 1.17. The quantitative estimate of drug-likeness (QED) is 0.779. The third-order valence-corrected chi connectivity index (χ3v) is 2.43. The monoisotopic (exact) mass is 213 g/mol. The number of benzene rings is 1. The van der Waals surface area contributed by atoms with Gasteiger partial charge in [-0.3, -0.25) is 4.79 Å². The number of ketones is 1. The van der Waals surface area contributed by atoms with Crippen LogP contribution in [0.2, 0.25) is 5.02 Å². The highest BCUT2D eigenvalue weighted by atomic mass is 35.5. The van der Waals surface area contributed by atoms with E-state index in [1.807, 2.05) is 0 Å². The summed E-state index contributed by atoms with van der Waals surface area (Å²) >= 11 is 5.93. The zero-order valence-electron chi connectivity index (χ0n) is 8.13. The van der Waals surface area contributed by atoms with E-state index in [0.717, 1.165) is 5.56 Å². The van der Waals surface area contributed by atoms with Crippen LogP contribution in [-0.2, 0) is 0 Å². The SMILES string of the molecule is COc1cc(Cl)c(C)c(C(=O)CN)c1. The van der Waals surface area contributed by atoms with Gasteiger partial charge in [0.2, 0.25) is 0 Å². The van der Waals surface area contributed by atoms with Crippen molar-refractivity contribution in [3.05, 3.63) is 28.3 Å². The number of Topliss-reactive ketones (excluding diaryl/α,β-unsaturated/α-hetero) is 1. The van der Waals surface area contributed by atoms with Crippen molar-refractivity contribution in [1.82, 2.24) is 0 Å². The number of hydrogen-bond acceptors (Lipinski definition) is 3. The highest BCUT2D eigenvalue weighted by molar-refractivity contribution is 6.32. The maximum absolute atomic E-state index is 11.4. The lowest BCUT2D eigenvalue weighted by Crippen LogP contribution is -2.15. The van der Waals surface area contributed by atoms with Crippen LogP contribution in [0.15, 0.2) is 12.1 Å². The molecule has 2 N–H and O–H groups in total. The van der Waals surface area contributed by atoms with E-state index in [1.165, 1.54) is 7.11 Å². The number of rotatable bonds is 3. The number of nitrogens with two attached hydrogens (primary N) is 1. The average molecular weight is 214 g/mol. The zero-order chi connectivity index (χ0) is 10.7. The van der Waals surface area contributed by atoms with Gasteiger partial charge in [-0.15, -0.1) is 0 Å². The molecule has 0 aromatic heterocycles. The molecule has 0 aliphatic carbocycles.